The van der Waals surface area contributed by atoms with Gasteiger partial charge < -0.3 is 84.3 Å². The van der Waals surface area contributed by atoms with E-state index in [4.69, 9.17) is 40.5 Å². The van der Waals surface area contributed by atoms with Gasteiger partial charge in [0.05, 0.1) is 0 Å². The van der Waals surface area contributed by atoms with Crippen molar-refractivity contribution in [2.24, 2.45) is 21.4 Å². The fourth-order valence-corrected chi connectivity index (χ4v) is 0. The van der Waals surface area contributed by atoms with Gasteiger partial charge in [0.2, 0.25) is 0 Å². The molecule has 0 fully saturated rings. The maximum atomic E-state index is 8.00. The Labute approximate surface area is 143 Å². The molecule has 20 nitrogen and oxygen atoms in total. The topological polar surface area (TPSA) is 471 Å². The minimum atomic E-state index is 0. The maximum absolute atomic E-state index is 8.00. The molecular formula is H22N4NiO16Pt+6. The van der Waals surface area contributed by atoms with Crippen LogP contribution in [0.4, 0.5) is 0 Å². The second-order valence-electron chi connectivity index (χ2n) is 0.298. The fraction of sp³-hybridized carbons (Fsp3) is 0. The van der Waals surface area contributed by atoms with Crippen molar-refractivity contribution in [1.82, 2.24) is 0 Å². The van der Waals surface area contributed by atoms with Gasteiger partial charge in [-0.15, -0.1) is 21.4 Å². The molecule has 0 atom stereocenters. The summed E-state index contributed by atoms with van der Waals surface area (Å²) in [5.74, 6) is 0. The van der Waals surface area contributed by atoms with Gasteiger partial charge in [0.25, 0.3) is 0 Å². The van der Waals surface area contributed by atoms with Crippen molar-refractivity contribution < 1.29 is 81.4 Å². The van der Waals surface area contributed by atoms with E-state index in [1.54, 1.807) is 0 Å². The molecule has 0 bridgehead atoms. The normalized spacial score (nSPS) is 2.18. The standard InChI is InChI=1S/4HNO2.Ni.8H2O.Pt/c4*2-1-3;;;;;;;;;;/h4*(H,2,3);;8*1H2;/q;;;;+2;;;;;;;;;+2/p+2. The molecule has 0 saturated carbocycles. The van der Waals surface area contributed by atoms with Crippen LogP contribution in [0.3, 0.4) is 0 Å². The zero-order valence-electron chi connectivity index (χ0n) is 10.2. The van der Waals surface area contributed by atoms with Crippen LogP contribution in [0.15, 0.2) is 21.4 Å². The van der Waals surface area contributed by atoms with Crippen molar-refractivity contribution >= 4 is 0 Å². The Morgan fingerprint density at radius 1 is 0.455 bits per heavy atom. The molecule has 0 aliphatic rings. The first-order valence-corrected chi connectivity index (χ1v) is 1.46. The molecule has 152 valence electrons. The first-order chi connectivity index (χ1) is 5.66. The number of hydrogen-bond acceptors (Lipinski definition) is 12. The Kier molecular flexibility index (Phi) is 9230. The Morgan fingerprint density at radius 2 is 0.455 bits per heavy atom. The van der Waals surface area contributed by atoms with E-state index in [-0.39, 0.29) is 81.4 Å². The van der Waals surface area contributed by atoms with E-state index in [0.29, 0.717) is 0 Å². The smallest absolute Gasteiger partial charge is 0.457 e. The van der Waals surface area contributed by atoms with Gasteiger partial charge in [-0.1, -0.05) is 0 Å². The molecule has 0 saturated heterocycles. The summed E-state index contributed by atoms with van der Waals surface area (Å²) in [4.78, 5) is 32.0. The summed E-state index contributed by atoms with van der Waals surface area (Å²) in [6.07, 6.45) is 0. The van der Waals surface area contributed by atoms with E-state index in [0.717, 1.165) is 21.4 Å². The van der Waals surface area contributed by atoms with E-state index in [1.807, 2.05) is 0 Å². The number of hydrogen-bond donors (Lipinski definition) is 0. The molecule has 0 radical (unpaired) electrons. The molecule has 0 amide bonds. The van der Waals surface area contributed by atoms with E-state index in [2.05, 4.69) is 0 Å². The monoisotopic (exact) mass is 587 g/mol. The van der Waals surface area contributed by atoms with Gasteiger partial charge in [0.1, 0.15) is 0 Å². The minimum Gasteiger partial charge on any atom is -0.457 e. The summed E-state index contributed by atoms with van der Waals surface area (Å²) in [5, 5.41) is 36.0. The zero-order valence-corrected chi connectivity index (χ0v) is 13.4. The second-order valence-corrected chi connectivity index (χ2v) is 0.298. The van der Waals surface area contributed by atoms with Gasteiger partial charge in [-0.05, 0) is 0 Å². The van der Waals surface area contributed by atoms with Gasteiger partial charge >= 0.3 is 37.6 Å². The molecule has 0 aromatic heterocycles. The molecule has 0 aromatic rings. The van der Waals surface area contributed by atoms with Crippen molar-refractivity contribution in [3.63, 3.8) is 0 Å². The maximum Gasteiger partial charge on any atom is 2.00 e. The van der Waals surface area contributed by atoms with Crippen molar-refractivity contribution in [2.75, 3.05) is 0 Å². The summed E-state index contributed by atoms with van der Waals surface area (Å²) >= 11 is 0. The average molecular weight is 588 g/mol. The molecule has 0 heterocycles. The van der Waals surface area contributed by atoms with Crippen LogP contribution in [-0.4, -0.2) is 11.0 Å². The van der Waals surface area contributed by atoms with Crippen LogP contribution in [0.25, 0.3) is 0 Å². The van der Waals surface area contributed by atoms with Crippen LogP contribution in [0.1, 0.15) is 0 Å². The van der Waals surface area contributed by atoms with Gasteiger partial charge in [-0.3, -0.25) is 0 Å². The van der Waals surface area contributed by atoms with E-state index < -0.39 is 0 Å². The Bertz CT molecular complexity index is 80.1. The molecule has 22 N–H and O–H groups in total. The summed E-state index contributed by atoms with van der Waals surface area (Å²) in [6.45, 7) is 0. The van der Waals surface area contributed by atoms with Crippen LogP contribution >= 0.6 is 0 Å². The fourth-order valence-electron chi connectivity index (χ4n) is 0. The molecule has 22 heavy (non-hydrogen) atoms. The second kappa shape index (κ2) is 1090. The zero-order chi connectivity index (χ0) is 10.8. The summed E-state index contributed by atoms with van der Waals surface area (Å²) in [5.41, 5.74) is 0. The number of nitrogens with zero attached hydrogens (tertiary/aromatic N) is 4. The van der Waals surface area contributed by atoms with Crippen molar-refractivity contribution in [3.05, 3.63) is 40.5 Å². The van der Waals surface area contributed by atoms with Crippen molar-refractivity contribution in [1.29, 1.82) is 0 Å². The minimum absolute atomic E-state index is 0. The molecule has 0 aliphatic carbocycles. The van der Waals surface area contributed by atoms with Crippen LogP contribution in [0.2, 0.25) is 0 Å². The third kappa shape index (κ3) is 2380. The Hall–Kier alpha value is -1.54. The van der Waals surface area contributed by atoms with Crippen LogP contribution in [0.5, 0.6) is 0 Å². The molecule has 0 unspecified atom stereocenters. The Morgan fingerprint density at radius 3 is 0.455 bits per heavy atom. The first kappa shape index (κ1) is 186. The van der Waals surface area contributed by atoms with Crippen molar-refractivity contribution in [3.8, 4) is 0 Å². The molecular weight excluding hydrogens is 566 g/mol. The predicted octanol–water partition coefficient (Wildman–Crippen LogP) is -6.18. The average Bonchev–Trinajstić information content (AvgIpc) is 1.92. The molecule has 0 rings (SSSR count). The van der Waals surface area contributed by atoms with Gasteiger partial charge in [0, 0.05) is 0 Å². The molecule has 0 aliphatic heterocycles. The summed E-state index contributed by atoms with van der Waals surface area (Å²) in [7, 11) is 0. The van der Waals surface area contributed by atoms with E-state index in [1.165, 1.54) is 0 Å². The van der Waals surface area contributed by atoms with E-state index in [9.17, 15) is 0 Å². The van der Waals surface area contributed by atoms with Crippen LogP contribution in [0, 0.1) is 40.5 Å². The molecule has 22 heteroatoms. The largest absolute Gasteiger partial charge is 2.00 e. The third-order valence-corrected chi connectivity index (χ3v) is 0. The van der Waals surface area contributed by atoms with Gasteiger partial charge in [-0.2, -0.15) is 0 Å². The van der Waals surface area contributed by atoms with Gasteiger partial charge in [-0.25, -0.2) is 0 Å². The first-order valence-electron chi connectivity index (χ1n) is 1.46. The molecule has 0 spiro atoms. The Balaban J connectivity index is -0.00000000281. The van der Waals surface area contributed by atoms with E-state index >= 15 is 0 Å². The third-order valence-electron chi connectivity index (χ3n) is 0. The van der Waals surface area contributed by atoms with Crippen LogP contribution < -0.4 is 0 Å². The van der Waals surface area contributed by atoms with Crippen LogP contribution in [-0.2, 0) is 70.4 Å². The number of rotatable bonds is 0. The van der Waals surface area contributed by atoms with Crippen molar-refractivity contribution in [2.45, 2.75) is 0 Å². The predicted molar refractivity (Wildman–Crippen MR) is 73.1 cm³/mol. The summed E-state index contributed by atoms with van der Waals surface area (Å²) < 4.78 is 0. The van der Waals surface area contributed by atoms with Gasteiger partial charge in [0.15, 0.2) is 0 Å². The SMILES string of the molecule is O.O.O=N[O-].O=N[O-].O=N[O-].O=N[O-].[Ni+2].[OH3+].[OH3+].[OH3+].[OH3+].[OH3+].[OH3+].[Pt+2]. The summed E-state index contributed by atoms with van der Waals surface area (Å²) in [6, 6.07) is 0. The molecule has 0 aromatic carbocycles. The quantitative estimate of drug-likeness (QED) is 0.113.